The number of aromatic amines is 1. The Morgan fingerprint density at radius 1 is 0.932 bits per heavy atom. The molecule has 0 saturated carbocycles. The minimum atomic E-state index is -0.679. The molecule has 6 aromatic rings. The van der Waals surface area contributed by atoms with Crippen LogP contribution in [0.3, 0.4) is 0 Å². The lowest BCUT2D eigenvalue weighted by atomic mass is 10.1. The van der Waals surface area contributed by atoms with Gasteiger partial charge in [0.15, 0.2) is 11.5 Å². The van der Waals surface area contributed by atoms with Crippen molar-refractivity contribution in [1.82, 2.24) is 40.3 Å². The number of rotatable bonds is 9. The molecule has 1 atom stereocenters. The van der Waals surface area contributed by atoms with E-state index in [4.69, 9.17) is 10.2 Å². The molecule has 0 aliphatic rings. The van der Waals surface area contributed by atoms with E-state index in [-0.39, 0.29) is 17.7 Å². The number of imidazole rings is 1. The highest BCUT2D eigenvalue weighted by Crippen LogP contribution is 2.26. The Kier molecular flexibility index (Phi) is 7.76. The van der Waals surface area contributed by atoms with Gasteiger partial charge < -0.3 is 15.6 Å². The molecule has 0 bridgehead atoms. The molecule has 3 aromatic heterocycles. The van der Waals surface area contributed by atoms with Crippen LogP contribution in [0.25, 0.3) is 27.8 Å². The van der Waals surface area contributed by atoms with Gasteiger partial charge in [-0.3, -0.25) is 24.2 Å². The lowest BCUT2D eigenvalue weighted by molar-refractivity contribution is 0.0706. The van der Waals surface area contributed by atoms with Crippen LogP contribution in [-0.4, -0.2) is 46.5 Å². The van der Waals surface area contributed by atoms with Crippen LogP contribution in [0.15, 0.2) is 90.2 Å². The first-order valence-corrected chi connectivity index (χ1v) is 13.8. The van der Waals surface area contributed by atoms with Crippen molar-refractivity contribution in [3.63, 3.8) is 0 Å². The highest BCUT2D eigenvalue weighted by atomic mass is 16.5. The standard InChI is InChI=1S/C31H27N9O4/c1-2-22(37-27-25-26(34-16-33-25)35-17-36-27)28-38-23-10-6-7-20(24(23)31(43)40(28)21-8-4-3-5-9-21)15-32-29(41)18-11-13-19(14-12-18)30(42)39-44/h3-14,16-17,22,44H,2,15H2,1H3,(H,32,41)(H,39,42)(H2,33,34,35,36,37)/t22-/m0/s1. The molecular formula is C31H27N9O4. The number of H-pyrrole nitrogens is 1. The van der Waals surface area contributed by atoms with Crippen LogP contribution in [0.2, 0.25) is 0 Å². The summed E-state index contributed by atoms with van der Waals surface area (Å²) in [5, 5.41) is 15.5. The first kappa shape index (κ1) is 28.2. The van der Waals surface area contributed by atoms with E-state index in [1.54, 1.807) is 34.6 Å². The topological polar surface area (TPSA) is 180 Å². The predicted molar refractivity (Wildman–Crippen MR) is 163 cm³/mol. The zero-order valence-corrected chi connectivity index (χ0v) is 23.5. The third-order valence-electron chi connectivity index (χ3n) is 7.22. The molecule has 3 aromatic carbocycles. The number of hydroxylamine groups is 1. The van der Waals surface area contributed by atoms with Crippen molar-refractivity contribution in [2.75, 3.05) is 5.32 Å². The van der Waals surface area contributed by atoms with Crippen molar-refractivity contribution in [2.45, 2.75) is 25.9 Å². The van der Waals surface area contributed by atoms with Crippen molar-refractivity contribution < 1.29 is 14.8 Å². The molecule has 0 fully saturated rings. The number of carbonyl (C=O) groups is 2. The smallest absolute Gasteiger partial charge is 0.274 e. The molecule has 6 rings (SSSR count). The molecule has 13 heteroatoms. The summed E-state index contributed by atoms with van der Waals surface area (Å²) in [4.78, 5) is 59.8. The number of para-hydroxylation sites is 1. The molecular weight excluding hydrogens is 562 g/mol. The summed E-state index contributed by atoms with van der Waals surface area (Å²) in [6.45, 7) is 2.05. The van der Waals surface area contributed by atoms with E-state index < -0.39 is 17.9 Å². The highest BCUT2D eigenvalue weighted by Gasteiger charge is 2.23. The molecule has 0 aliphatic heterocycles. The van der Waals surface area contributed by atoms with Crippen molar-refractivity contribution in [3.05, 3.63) is 118 Å². The summed E-state index contributed by atoms with van der Waals surface area (Å²) >= 11 is 0. The van der Waals surface area contributed by atoms with Crippen molar-refractivity contribution >= 4 is 39.7 Å². The van der Waals surface area contributed by atoms with E-state index >= 15 is 0 Å². The fraction of sp³-hybridized carbons (Fsp3) is 0.129. The van der Waals surface area contributed by atoms with Gasteiger partial charge in [0.05, 0.1) is 29.0 Å². The highest BCUT2D eigenvalue weighted by molar-refractivity contribution is 5.97. The maximum atomic E-state index is 14.3. The van der Waals surface area contributed by atoms with E-state index in [9.17, 15) is 14.4 Å². The third-order valence-corrected chi connectivity index (χ3v) is 7.22. The minimum absolute atomic E-state index is 0.0631. The average molecular weight is 590 g/mol. The number of aromatic nitrogens is 6. The SMILES string of the molecule is CC[C@H](Nc1ncnc2[nH]cnc12)c1nc2cccc(CNC(=O)c3ccc(C(=O)NO)cc3)c2c(=O)n1-c1ccccc1. The van der Waals surface area contributed by atoms with Crippen molar-refractivity contribution in [1.29, 1.82) is 0 Å². The summed E-state index contributed by atoms with van der Waals surface area (Å²) in [6, 6.07) is 20.0. The van der Waals surface area contributed by atoms with E-state index in [1.165, 1.54) is 30.6 Å². The Morgan fingerprint density at radius 3 is 2.41 bits per heavy atom. The van der Waals surface area contributed by atoms with Crippen LogP contribution >= 0.6 is 0 Å². The van der Waals surface area contributed by atoms with E-state index in [2.05, 4.69) is 30.6 Å². The van der Waals surface area contributed by atoms with E-state index in [1.807, 2.05) is 37.3 Å². The van der Waals surface area contributed by atoms with Gasteiger partial charge in [0.1, 0.15) is 17.7 Å². The number of nitrogens with one attached hydrogen (secondary N) is 4. The molecule has 13 nitrogen and oxygen atoms in total. The maximum Gasteiger partial charge on any atom is 0.274 e. The number of benzene rings is 3. The van der Waals surface area contributed by atoms with Crippen molar-refractivity contribution in [3.8, 4) is 5.69 Å². The molecule has 2 amide bonds. The second-order valence-electron chi connectivity index (χ2n) is 9.89. The molecule has 0 spiro atoms. The first-order chi connectivity index (χ1) is 21.5. The van der Waals surface area contributed by atoms with Gasteiger partial charge in [-0.05, 0) is 54.4 Å². The van der Waals surface area contributed by atoms with Crippen LogP contribution in [-0.2, 0) is 6.54 Å². The Morgan fingerprint density at radius 2 is 1.68 bits per heavy atom. The number of fused-ring (bicyclic) bond motifs is 2. The number of nitrogens with zero attached hydrogens (tertiary/aromatic N) is 5. The van der Waals surface area contributed by atoms with Crippen LogP contribution in [0, 0.1) is 0 Å². The minimum Gasteiger partial charge on any atom is -0.358 e. The number of hydrogen-bond donors (Lipinski definition) is 5. The zero-order chi connectivity index (χ0) is 30.6. The predicted octanol–water partition coefficient (Wildman–Crippen LogP) is 3.66. The normalized spacial score (nSPS) is 11.8. The number of hydrogen-bond acceptors (Lipinski definition) is 9. The van der Waals surface area contributed by atoms with E-state index in [0.29, 0.717) is 56.9 Å². The molecule has 44 heavy (non-hydrogen) atoms. The van der Waals surface area contributed by atoms with Gasteiger partial charge in [-0.2, -0.15) is 0 Å². The number of anilines is 1. The lowest BCUT2D eigenvalue weighted by Gasteiger charge is -2.22. The quantitative estimate of drug-likeness (QED) is 0.124. The second-order valence-corrected chi connectivity index (χ2v) is 9.89. The van der Waals surface area contributed by atoms with Gasteiger partial charge in [-0.15, -0.1) is 0 Å². The Hall–Kier alpha value is -5.95. The van der Waals surface area contributed by atoms with Crippen LogP contribution in [0.5, 0.6) is 0 Å². The maximum absolute atomic E-state index is 14.3. The van der Waals surface area contributed by atoms with Gasteiger partial charge in [-0.25, -0.2) is 25.4 Å². The summed E-state index contributed by atoms with van der Waals surface area (Å²) < 4.78 is 1.59. The molecule has 3 heterocycles. The first-order valence-electron chi connectivity index (χ1n) is 13.8. The summed E-state index contributed by atoms with van der Waals surface area (Å²) in [6.07, 6.45) is 3.56. The van der Waals surface area contributed by atoms with Gasteiger partial charge in [0.2, 0.25) is 0 Å². The largest absolute Gasteiger partial charge is 0.358 e. The Bertz CT molecular complexity index is 2040. The summed E-state index contributed by atoms with van der Waals surface area (Å²) in [5.41, 5.74) is 4.67. The molecule has 0 saturated heterocycles. The molecule has 0 unspecified atom stereocenters. The Labute approximate surface area is 250 Å². The molecule has 5 N–H and O–H groups in total. The van der Waals surface area contributed by atoms with Gasteiger partial charge in [0, 0.05) is 17.7 Å². The molecule has 220 valence electrons. The number of amides is 2. The second kappa shape index (κ2) is 12.1. The molecule has 0 radical (unpaired) electrons. The van der Waals surface area contributed by atoms with Gasteiger partial charge >= 0.3 is 0 Å². The fourth-order valence-electron chi connectivity index (χ4n) is 5.02. The van der Waals surface area contributed by atoms with Crippen LogP contribution in [0.1, 0.15) is 51.5 Å². The van der Waals surface area contributed by atoms with Gasteiger partial charge in [0.25, 0.3) is 17.4 Å². The van der Waals surface area contributed by atoms with E-state index in [0.717, 1.165) is 0 Å². The van der Waals surface area contributed by atoms with Crippen LogP contribution < -0.4 is 21.7 Å². The third kappa shape index (κ3) is 5.34. The Balaban J connectivity index is 1.39. The zero-order valence-electron chi connectivity index (χ0n) is 23.5. The molecule has 0 aliphatic carbocycles. The van der Waals surface area contributed by atoms with Crippen molar-refractivity contribution in [2.24, 2.45) is 0 Å². The number of carbonyl (C=O) groups excluding carboxylic acids is 2. The summed E-state index contributed by atoms with van der Waals surface area (Å²) in [7, 11) is 0. The van der Waals surface area contributed by atoms with Gasteiger partial charge in [-0.1, -0.05) is 37.3 Å². The monoisotopic (exact) mass is 589 g/mol. The average Bonchev–Trinajstić information content (AvgIpc) is 3.56. The van der Waals surface area contributed by atoms with Crippen LogP contribution in [0.4, 0.5) is 5.82 Å². The fourth-order valence-corrected chi connectivity index (χ4v) is 5.02. The summed E-state index contributed by atoms with van der Waals surface area (Å²) in [5.74, 6) is -0.0674. The lowest BCUT2D eigenvalue weighted by Crippen LogP contribution is -2.30.